The minimum atomic E-state index is -0.284. The van der Waals surface area contributed by atoms with Crippen molar-refractivity contribution in [1.82, 2.24) is 5.43 Å². The zero-order valence-electron chi connectivity index (χ0n) is 11.7. The number of hydrogen-bond acceptors (Lipinski definition) is 4. The summed E-state index contributed by atoms with van der Waals surface area (Å²) >= 11 is 12.2. The highest BCUT2D eigenvalue weighted by molar-refractivity contribution is 9.11. The number of carbonyl (C=O) groups excluding carboxylic acids is 1. The van der Waals surface area contributed by atoms with Crippen LogP contribution in [-0.2, 0) is 4.79 Å². The molecule has 0 aliphatic carbocycles. The van der Waals surface area contributed by atoms with Crippen molar-refractivity contribution in [3.8, 4) is 5.75 Å². The fourth-order valence-electron chi connectivity index (χ4n) is 1.63. The van der Waals surface area contributed by atoms with E-state index in [0.717, 1.165) is 5.69 Å². The van der Waals surface area contributed by atoms with Gasteiger partial charge in [0.1, 0.15) is 5.75 Å². The number of anilines is 1. The summed E-state index contributed by atoms with van der Waals surface area (Å²) in [7, 11) is 0. The van der Waals surface area contributed by atoms with Crippen molar-refractivity contribution in [3.05, 3.63) is 55.9 Å². The molecule has 8 heteroatoms. The zero-order valence-corrected chi connectivity index (χ0v) is 15.6. The predicted octanol–water partition coefficient (Wildman–Crippen LogP) is 4.13. The normalized spacial score (nSPS) is 10.7. The number of rotatable bonds is 5. The molecular formula is C15H12Br2ClN3O2. The lowest BCUT2D eigenvalue weighted by Crippen LogP contribution is -2.25. The first-order valence-corrected chi connectivity index (χ1v) is 8.41. The van der Waals surface area contributed by atoms with E-state index in [0.29, 0.717) is 19.5 Å². The van der Waals surface area contributed by atoms with Crippen molar-refractivity contribution in [2.24, 2.45) is 5.10 Å². The average Bonchev–Trinajstić information content (AvgIpc) is 2.52. The highest BCUT2D eigenvalue weighted by atomic mass is 79.9. The quantitative estimate of drug-likeness (QED) is 0.463. The number of benzene rings is 2. The van der Waals surface area contributed by atoms with Crippen LogP contribution in [0.3, 0.4) is 0 Å². The lowest BCUT2D eigenvalue weighted by molar-refractivity contribution is -0.119. The maximum absolute atomic E-state index is 11.7. The Morgan fingerprint density at radius 3 is 2.43 bits per heavy atom. The largest absolute Gasteiger partial charge is 0.506 e. The van der Waals surface area contributed by atoms with Crippen LogP contribution in [0.25, 0.3) is 0 Å². The number of nitrogens with zero attached hydrogens (tertiary/aromatic N) is 1. The van der Waals surface area contributed by atoms with Crippen molar-refractivity contribution in [1.29, 1.82) is 0 Å². The summed E-state index contributed by atoms with van der Waals surface area (Å²) in [4.78, 5) is 11.7. The van der Waals surface area contributed by atoms with Crippen LogP contribution in [0.1, 0.15) is 5.56 Å². The van der Waals surface area contributed by atoms with E-state index >= 15 is 0 Å². The van der Waals surface area contributed by atoms with E-state index in [9.17, 15) is 9.90 Å². The van der Waals surface area contributed by atoms with Crippen molar-refractivity contribution >= 4 is 61.3 Å². The highest BCUT2D eigenvalue weighted by Gasteiger charge is 2.05. The van der Waals surface area contributed by atoms with E-state index in [-0.39, 0.29) is 18.2 Å². The van der Waals surface area contributed by atoms with Crippen molar-refractivity contribution in [3.63, 3.8) is 0 Å². The molecule has 2 rings (SSSR count). The van der Waals surface area contributed by atoms with Crippen LogP contribution in [-0.4, -0.2) is 23.8 Å². The molecule has 1 amide bonds. The molecule has 0 fully saturated rings. The number of hydrogen-bond donors (Lipinski definition) is 3. The van der Waals surface area contributed by atoms with Gasteiger partial charge in [-0.2, -0.15) is 5.10 Å². The number of hydrazone groups is 1. The number of carbonyl (C=O) groups is 1. The van der Waals surface area contributed by atoms with Gasteiger partial charge in [0.2, 0.25) is 0 Å². The first-order chi connectivity index (χ1) is 11.0. The minimum Gasteiger partial charge on any atom is -0.506 e. The zero-order chi connectivity index (χ0) is 16.8. The summed E-state index contributed by atoms with van der Waals surface area (Å²) in [5.41, 5.74) is 3.92. The van der Waals surface area contributed by atoms with E-state index < -0.39 is 0 Å². The standard InChI is InChI=1S/C15H12Br2ClN3O2/c16-12-5-9(6-13(17)15(12)23)7-20-21-14(22)8-19-11-3-1-10(18)2-4-11/h1-7,19,23H,8H2,(H,21,22). The molecule has 0 aromatic heterocycles. The molecule has 0 saturated heterocycles. The molecule has 5 nitrogen and oxygen atoms in total. The maximum atomic E-state index is 11.7. The molecule has 0 saturated carbocycles. The summed E-state index contributed by atoms with van der Waals surface area (Å²) in [6.45, 7) is 0.0853. The molecule has 0 spiro atoms. The lowest BCUT2D eigenvalue weighted by Gasteiger charge is -2.05. The number of aromatic hydroxyl groups is 1. The van der Waals surface area contributed by atoms with E-state index in [1.165, 1.54) is 6.21 Å². The molecule has 23 heavy (non-hydrogen) atoms. The van der Waals surface area contributed by atoms with Gasteiger partial charge in [0.15, 0.2) is 0 Å². The van der Waals surface area contributed by atoms with Crippen LogP contribution in [0.4, 0.5) is 5.69 Å². The van der Waals surface area contributed by atoms with Gasteiger partial charge >= 0.3 is 0 Å². The predicted molar refractivity (Wildman–Crippen MR) is 99.2 cm³/mol. The molecule has 0 aliphatic rings. The molecule has 0 aliphatic heterocycles. The van der Waals surface area contributed by atoms with Crippen LogP contribution < -0.4 is 10.7 Å². The molecule has 0 unspecified atom stereocenters. The molecular weight excluding hydrogens is 449 g/mol. The van der Waals surface area contributed by atoms with Gasteiger partial charge < -0.3 is 10.4 Å². The molecule has 2 aromatic carbocycles. The van der Waals surface area contributed by atoms with Gasteiger partial charge in [0.25, 0.3) is 5.91 Å². The van der Waals surface area contributed by atoms with Gasteiger partial charge in [-0.3, -0.25) is 4.79 Å². The van der Waals surface area contributed by atoms with Crippen LogP contribution in [0, 0.1) is 0 Å². The topological polar surface area (TPSA) is 73.7 Å². The second-order valence-corrected chi connectivity index (χ2v) is 6.63. The number of phenols is 1. The maximum Gasteiger partial charge on any atom is 0.259 e. The average molecular weight is 462 g/mol. The SMILES string of the molecule is O=C(CNc1ccc(Cl)cc1)NN=Cc1cc(Br)c(O)c(Br)c1. The fourth-order valence-corrected chi connectivity index (χ4v) is 2.98. The first-order valence-electron chi connectivity index (χ1n) is 6.45. The van der Waals surface area contributed by atoms with E-state index in [1.807, 2.05) is 0 Å². The van der Waals surface area contributed by atoms with E-state index in [1.54, 1.807) is 36.4 Å². The minimum absolute atomic E-state index is 0.0853. The monoisotopic (exact) mass is 459 g/mol. The summed E-state index contributed by atoms with van der Waals surface area (Å²) in [6, 6.07) is 10.4. The van der Waals surface area contributed by atoms with Crippen LogP contribution in [0.5, 0.6) is 5.75 Å². The second-order valence-electron chi connectivity index (χ2n) is 4.49. The Kier molecular flexibility index (Phi) is 6.44. The fraction of sp³-hybridized carbons (Fsp3) is 0.0667. The third-order valence-corrected chi connectivity index (χ3v) is 4.20. The van der Waals surface area contributed by atoms with Crippen molar-refractivity contribution < 1.29 is 9.90 Å². The van der Waals surface area contributed by atoms with Gasteiger partial charge in [0.05, 0.1) is 21.7 Å². The summed E-state index contributed by atoms with van der Waals surface area (Å²) in [5, 5.41) is 17.1. The molecule has 0 radical (unpaired) electrons. The van der Waals surface area contributed by atoms with Crippen LogP contribution in [0.15, 0.2) is 50.4 Å². The Hall–Kier alpha value is -1.57. The molecule has 0 bridgehead atoms. The van der Waals surface area contributed by atoms with Crippen molar-refractivity contribution in [2.75, 3.05) is 11.9 Å². The van der Waals surface area contributed by atoms with E-state index in [4.69, 9.17) is 11.6 Å². The Morgan fingerprint density at radius 2 is 1.83 bits per heavy atom. The van der Waals surface area contributed by atoms with Crippen LogP contribution >= 0.6 is 43.5 Å². The van der Waals surface area contributed by atoms with Gasteiger partial charge in [0, 0.05) is 10.7 Å². The summed E-state index contributed by atoms with van der Waals surface area (Å²) in [6.07, 6.45) is 1.48. The second kappa shape index (κ2) is 8.33. The van der Waals surface area contributed by atoms with Gasteiger partial charge in [-0.25, -0.2) is 5.43 Å². The molecule has 3 N–H and O–H groups in total. The first kappa shape index (κ1) is 17.8. The van der Waals surface area contributed by atoms with Gasteiger partial charge in [-0.05, 0) is 73.8 Å². The molecule has 0 heterocycles. The number of halogens is 3. The number of nitrogens with one attached hydrogen (secondary N) is 2. The van der Waals surface area contributed by atoms with Gasteiger partial charge in [-0.1, -0.05) is 11.6 Å². The summed E-state index contributed by atoms with van der Waals surface area (Å²) < 4.78 is 1.06. The van der Waals surface area contributed by atoms with Crippen LogP contribution in [0.2, 0.25) is 5.02 Å². The Bertz CT molecular complexity index is 713. The Labute approximate surface area is 155 Å². The Balaban J connectivity index is 1.85. The number of amides is 1. The van der Waals surface area contributed by atoms with Crippen molar-refractivity contribution in [2.45, 2.75) is 0 Å². The lowest BCUT2D eigenvalue weighted by atomic mass is 10.2. The van der Waals surface area contributed by atoms with E-state index in [2.05, 4.69) is 47.7 Å². The highest BCUT2D eigenvalue weighted by Crippen LogP contribution is 2.32. The molecule has 2 aromatic rings. The van der Waals surface area contributed by atoms with Gasteiger partial charge in [-0.15, -0.1) is 0 Å². The smallest absolute Gasteiger partial charge is 0.259 e. The third kappa shape index (κ3) is 5.53. The summed E-state index contributed by atoms with van der Waals surface area (Å²) in [5.74, 6) is -0.175. The Morgan fingerprint density at radius 1 is 1.22 bits per heavy atom. The molecule has 120 valence electrons. The number of phenolic OH excluding ortho intramolecular Hbond substituents is 1. The molecule has 0 atom stereocenters. The third-order valence-electron chi connectivity index (χ3n) is 2.74.